The highest BCUT2D eigenvalue weighted by Crippen LogP contribution is 2.20. The Balaban J connectivity index is 1.56. The molecule has 144 valence electrons. The van der Waals surface area contributed by atoms with Crippen molar-refractivity contribution in [2.75, 3.05) is 29.6 Å². The molecule has 0 aliphatic carbocycles. The van der Waals surface area contributed by atoms with Gasteiger partial charge in [0.25, 0.3) is 0 Å². The van der Waals surface area contributed by atoms with Crippen LogP contribution in [0.25, 0.3) is 0 Å². The molecule has 27 heavy (non-hydrogen) atoms. The van der Waals surface area contributed by atoms with Crippen LogP contribution in [0.4, 0.5) is 16.3 Å². The molecule has 0 saturated carbocycles. The van der Waals surface area contributed by atoms with Crippen molar-refractivity contribution in [2.24, 2.45) is 0 Å². The van der Waals surface area contributed by atoms with Crippen molar-refractivity contribution in [3.63, 3.8) is 0 Å². The second kappa shape index (κ2) is 7.96. The van der Waals surface area contributed by atoms with E-state index >= 15 is 0 Å². The molecule has 3 rings (SSSR count). The van der Waals surface area contributed by atoms with E-state index in [-0.39, 0.29) is 17.0 Å². The van der Waals surface area contributed by atoms with E-state index in [0.29, 0.717) is 5.69 Å². The van der Waals surface area contributed by atoms with Gasteiger partial charge in [0.05, 0.1) is 22.8 Å². The summed E-state index contributed by atoms with van der Waals surface area (Å²) >= 11 is 0. The lowest BCUT2D eigenvalue weighted by Crippen LogP contribution is -2.31. The van der Waals surface area contributed by atoms with Gasteiger partial charge in [-0.2, -0.15) is 0 Å². The quantitative estimate of drug-likeness (QED) is 0.822. The van der Waals surface area contributed by atoms with Gasteiger partial charge in [0.15, 0.2) is 9.84 Å². The van der Waals surface area contributed by atoms with Crippen molar-refractivity contribution >= 4 is 27.4 Å². The third-order valence-electron chi connectivity index (χ3n) is 4.59. The lowest BCUT2D eigenvalue weighted by atomic mass is 10.1. The van der Waals surface area contributed by atoms with Crippen molar-refractivity contribution in [2.45, 2.75) is 30.7 Å². The molecule has 1 atom stereocenters. The molecule has 1 aliphatic heterocycles. The van der Waals surface area contributed by atoms with E-state index in [2.05, 4.69) is 20.5 Å². The Hall–Kier alpha value is -2.61. The lowest BCUT2D eigenvalue weighted by molar-refractivity contribution is 0.249. The first-order valence-corrected chi connectivity index (χ1v) is 10.8. The van der Waals surface area contributed by atoms with E-state index in [1.165, 1.54) is 19.1 Å². The number of rotatable bonds is 5. The van der Waals surface area contributed by atoms with Crippen LogP contribution in [-0.2, 0) is 9.84 Å². The van der Waals surface area contributed by atoms with E-state index in [9.17, 15) is 13.2 Å². The van der Waals surface area contributed by atoms with Crippen molar-refractivity contribution in [1.29, 1.82) is 0 Å². The van der Waals surface area contributed by atoms with Gasteiger partial charge in [-0.25, -0.2) is 18.2 Å². The standard InChI is InChI=1S/C19H24N4O3S/c1-14(15-5-8-17(9-6-15)27(2,25)26)21-19(24)22-16-7-10-18(20-13-16)23-11-3-4-12-23/h5-10,13-14H,3-4,11-12H2,1-2H3,(H2,21,22,24). The highest BCUT2D eigenvalue weighted by atomic mass is 32.2. The van der Waals surface area contributed by atoms with Gasteiger partial charge in [0.2, 0.25) is 0 Å². The van der Waals surface area contributed by atoms with Gasteiger partial charge < -0.3 is 15.5 Å². The molecule has 2 heterocycles. The summed E-state index contributed by atoms with van der Waals surface area (Å²) in [7, 11) is -3.23. The molecular weight excluding hydrogens is 364 g/mol. The molecule has 1 fully saturated rings. The summed E-state index contributed by atoms with van der Waals surface area (Å²) in [4.78, 5) is 19.1. The molecule has 0 bridgehead atoms. The third kappa shape index (κ3) is 4.97. The number of hydrogen-bond donors (Lipinski definition) is 2. The first-order valence-electron chi connectivity index (χ1n) is 8.91. The first kappa shape index (κ1) is 19.2. The summed E-state index contributed by atoms with van der Waals surface area (Å²) in [6.45, 7) is 3.88. The summed E-state index contributed by atoms with van der Waals surface area (Å²) < 4.78 is 23.0. The van der Waals surface area contributed by atoms with Gasteiger partial charge in [-0.3, -0.25) is 0 Å². The van der Waals surface area contributed by atoms with E-state index in [1.54, 1.807) is 30.5 Å². The van der Waals surface area contributed by atoms with E-state index in [1.807, 2.05) is 19.1 Å². The molecule has 2 amide bonds. The summed E-state index contributed by atoms with van der Waals surface area (Å²) in [6, 6.07) is 9.63. The Morgan fingerprint density at radius 2 is 1.78 bits per heavy atom. The fraction of sp³-hybridized carbons (Fsp3) is 0.368. The zero-order valence-corrected chi connectivity index (χ0v) is 16.3. The van der Waals surface area contributed by atoms with E-state index < -0.39 is 9.84 Å². The van der Waals surface area contributed by atoms with Gasteiger partial charge in [-0.1, -0.05) is 12.1 Å². The largest absolute Gasteiger partial charge is 0.357 e. The molecule has 1 aliphatic rings. The van der Waals surface area contributed by atoms with Gasteiger partial charge in [0, 0.05) is 19.3 Å². The van der Waals surface area contributed by atoms with Crippen molar-refractivity contribution < 1.29 is 13.2 Å². The molecule has 1 saturated heterocycles. The number of urea groups is 1. The zero-order valence-electron chi connectivity index (χ0n) is 15.5. The number of carbonyl (C=O) groups excluding carboxylic acids is 1. The number of nitrogens with zero attached hydrogens (tertiary/aromatic N) is 2. The minimum absolute atomic E-state index is 0.257. The van der Waals surface area contributed by atoms with Crippen LogP contribution in [0.5, 0.6) is 0 Å². The number of carbonyl (C=O) groups is 1. The Morgan fingerprint density at radius 1 is 1.11 bits per heavy atom. The maximum atomic E-state index is 12.2. The molecule has 1 aromatic heterocycles. The fourth-order valence-electron chi connectivity index (χ4n) is 3.04. The normalized spacial score (nSPS) is 15.4. The number of benzene rings is 1. The molecule has 7 nitrogen and oxygen atoms in total. The second-order valence-electron chi connectivity index (χ2n) is 6.76. The maximum Gasteiger partial charge on any atom is 0.319 e. The van der Waals surface area contributed by atoms with Crippen LogP contribution in [-0.4, -0.2) is 38.8 Å². The minimum atomic E-state index is -3.23. The molecule has 1 unspecified atom stereocenters. The Labute approximate surface area is 159 Å². The predicted octanol–water partition coefficient (Wildman–Crippen LogP) is 2.97. The smallest absolute Gasteiger partial charge is 0.319 e. The molecule has 0 radical (unpaired) electrons. The Kier molecular flexibility index (Phi) is 5.65. The average molecular weight is 388 g/mol. The molecular formula is C19H24N4O3S. The summed E-state index contributed by atoms with van der Waals surface area (Å²) in [6.07, 6.45) is 5.19. The summed E-state index contributed by atoms with van der Waals surface area (Å²) in [5.74, 6) is 0.929. The van der Waals surface area contributed by atoms with Crippen LogP contribution >= 0.6 is 0 Å². The van der Waals surface area contributed by atoms with Crippen LogP contribution in [0.2, 0.25) is 0 Å². The summed E-state index contributed by atoms with van der Waals surface area (Å²) in [5, 5.41) is 5.60. The van der Waals surface area contributed by atoms with Crippen molar-refractivity contribution in [1.82, 2.24) is 10.3 Å². The number of pyridine rings is 1. The highest BCUT2D eigenvalue weighted by Gasteiger charge is 2.14. The van der Waals surface area contributed by atoms with E-state index in [4.69, 9.17) is 0 Å². The average Bonchev–Trinajstić information content (AvgIpc) is 3.16. The Morgan fingerprint density at radius 3 is 2.33 bits per heavy atom. The number of hydrogen-bond acceptors (Lipinski definition) is 5. The molecule has 2 N–H and O–H groups in total. The molecule has 0 spiro atoms. The zero-order chi connectivity index (χ0) is 19.4. The third-order valence-corrected chi connectivity index (χ3v) is 5.72. The fourth-order valence-corrected chi connectivity index (χ4v) is 3.67. The monoisotopic (exact) mass is 388 g/mol. The van der Waals surface area contributed by atoms with Crippen LogP contribution < -0.4 is 15.5 Å². The van der Waals surface area contributed by atoms with Gasteiger partial charge >= 0.3 is 6.03 Å². The topological polar surface area (TPSA) is 91.4 Å². The summed E-state index contributed by atoms with van der Waals surface area (Å²) in [5.41, 5.74) is 1.44. The van der Waals surface area contributed by atoms with Crippen LogP contribution in [0.15, 0.2) is 47.5 Å². The van der Waals surface area contributed by atoms with Crippen LogP contribution in [0.3, 0.4) is 0 Å². The lowest BCUT2D eigenvalue weighted by Gasteiger charge is -2.17. The molecule has 8 heteroatoms. The second-order valence-corrected chi connectivity index (χ2v) is 8.78. The molecule has 1 aromatic carbocycles. The number of anilines is 2. The van der Waals surface area contributed by atoms with Gasteiger partial charge in [-0.05, 0) is 49.6 Å². The number of amides is 2. The van der Waals surface area contributed by atoms with Gasteiger partial charge in [0.1, 0.15) is 5.82 Å². The first-order chi connectivity index (χ1) is 12.8. The van der Waals surface area contributed by atoms with Crippen LogP contribution in [0, 0.1) is 0 Å². The number of sulfone groups is 1. The SMILES string of the molecule is CC(NC(=O)Nc1ccc(N2CCCC2)nc1)c1ccc(S(C)(=O)=O)cc1. The maximum absolute atomic E-state index is 12.2. The van der Waals surface area contributed by atoms with Crippen LogP contribution in [0.1, 0.15) is 31.4 Å². The number of nitrogens with one attached hydrogen (secondary N) is 2. The van der Waals surface area contributed by atoms with Crippen molar-refractivity contribution in [3.8, 4) is 0 Å². The van der Waals surface area contributed by atoms with Crippen molar-refractivity contribution in [3.05, 3.63) is 48.2 Å². The Bertz CT molecular complexity index is 890. The molecule has 2 aromatic rings. The number of aromatic nitrogens is 1. The highest BCUT2D eigenvalue weighted by molar-refractivity contribution is 7.90. The minimum Gasteiger partial charge on any atom is -0.357 e. The van der Waals surface area contributed by atoms with Gasteiger partial charge in [-0.15, -0.1) is 0 Å². The van der Waals surface area contributed by atoms with E-state index in [0.717, 1.165) is 24.5 Å². The predicted molar refractivity (Wildman–Crippen MR) is 106 cm³/mol.